The number of hydrogen-bond donors (Lipinski definition) is 1. The van der Waals surface area contributed by atoms with Crippen LogP contribution in [0.1, 0.15) is 18.9 Å². The summed E-state index contributed by atoms with van der Waals surface area (Å²) in [6, 6.07) is 7.56. The number of nitrogens with zero attached hydrogens (tertiary/aromatic N) is 3. The van der Waals surface area contributed by atoms with E-state index in [-0.39, 0.29) is 10.6 Å². The van der Waals surface area contributed by atoms with E-state index >= 15 is 0 Å². The number of hydrazone groups is 1. The monoisotopic (exact) mass is 320 g/mol. The van der Waals surface area contributed by atoms with Gasteiger partial charge in [-0.1, -0.05) is 30.7 Å². The molecule has 0 saturated carbocycles. The number of benzene rings is 1. The molecule has 0 aliphatic carbocycles. The number of rotatable bonds is 6. The molecule has 0 atom stereocenters. The van der Waals surface area contributed by atoms with Gasteiger partial charge in [0.05, 0.1) is 19.0 Å². The third-order valence-corrected chi connectivity index (χ3v) is 3.17. The SMILES string of the molecule is CCCOc1cccc(/C=N\Nc2cnn(C)c(=O)c2Cl)c1. The van der Waals surface area contributed by atoms with E-state index in [9.17, 15) is 4.79 Å². The first-order valence-electron chi connectivity index (χ1n) is 6.85. The second-order valence-electron chi connectivity index (χ2n) is 4.59. The zero-order valence-electron chi connectivity index (χ0n) is 12.4. The summed E-state index contributed by atoms with van der Waals surface area (Å²) in [6.07, 6.45) is 4.02. The van der Waals surface area contributed by atoms with Crippen LogP contribution in [-0.2, 0) is 7.05 Å². The number of anilines is 1. The van der Waals surface area contributed by atoms with Gasteiger partial charge in [-0.25, -0.2) is 4.68 Å². The molecule has 0 aliphatic heterocycles. The molecule has 1 N–H and O–H groups in total. The maximum Gasteiger partial charge on any atom is 0.287 e. The fourth-order valence-corrected chi connectivity index (χ4v) is 1.88. The Morgan fingerprint density at radius 3 is 3.09 bits per heavy atom. The van der Waals surface area contributed by atoms with E-state index in [1.807, 2.05) is 24.3 Å². The molecule has 1 aromatic carbocycles. The molecule has 22 heavy (non-hydrogen) atoms. The van der Waals surface area contributed by atoms with Crippen molar-refractivity contribution in [1.29, 1.82) is 0 Å². The molecule has 6 nitrogen and oxygen atoms in total. The summed E-state index contributed by atoms with van der Waals surface area (Å²) in [5.74, 6) is 0.791. The van der Waals surface area contributed by atoms with E-state index < -0.39 is 0 Å². The number of nitrogens with one attached hydrogen (secondary N) is 1. The lowest BCUT2D eigenvalue weighted by molar-refractivity contribution is 0.317. The Morgan fingerprint density at radius 2 is 2.32 bits per heavy atom. The van der Waals surface area contributed by atoms with Crippen LogP contribution in [0.4, 0.5) is 5.69 Å². The van der Waals surface area contributed by atoms with Crippen LogP contribution in [-0.4, -0.2) is 22.6 Å². The molecule has 0 spiro atoms. The summed E-state index contributed by atoms with van der Waals surface area (Å²) in [6.45, 7) is 2.73. The molecule has 0 bridgehead atoms. The predicted molar refractivity (Wildman–Crippen MR) is 87.9 cm³/mol. The van der Waals surface area contributed by atoms with Crippen molar-refractivity contribution in [1.82, 2.24) is 9.78 Å². The average Bonchev–Trinajstić information content (AvgIpc) is 2.53. The van der Waals surface area contributed by atoms with Crippen LogP contribution in [0, 0.1) is 0 Å². The fourth-order valence-electron chi connectivity index (χ4n) is 1.67. The van der Waals surface area contributed by atoms with Gasteiger partial charge < -0.3 is 4.74 Å². The molecule has 1 aromatic heterocycles. The highest BCUT2D eigenvalue weighted by Gasteiger charge is 2.05. The Balaban J connectivity index is 2.07. The van der Waals surface area contributed by atoms with Gasteiger partial charge in [0.15, 0.2) is 0 Å². The number of aromatic nitrogens is 2. The summed E-state index contributed by atoms with van der Waals surface area (Å²) < 4.78 is 6.71. The maximum atomic E-state index is 11.6. The van der Waals surface area contributed by atoms with Gasteiger partial charge in [-0.15, -0.1) is 0 Å². The molecule has 7 heteroatoms. The van der Waals surface area contributed by atoms with E-state index in [1.54, 1.807) is 6.21 Å². The second kappa shape index (κ2) is 7.61. The topological polar surface area (TPSA) is 68.5 Å². The molecule has 2 rings (SSSR count). The minimum Gasteiger partial charge on any atom is -0.494 e. The average molecular weight is 321 g/mol. The number of hydrogen-bond acceptors (Lipinski definition) is 5. The minimum absolute atomic E-state index is 0.0506. The fraction of sp³-hybridized carbons (Fsp3) is 0.267. The third-order valence-electron chi connectivity index (χ3n) is 2.81. The van der Waals surface area contributed by atoms with Crippen LogP contribution in [0.5, 0.6) is 5.75 Å². The maximum absolute atomic E-state index is 11.6. The van der Waals surface area contributed by atoms with Crippen molar-refractivity contribution in [3.63, 3.8) is 0 Å². The van der Waals surface area contributed by atoms with E-state index in [2.05, 4.69) is 22.5 Å². The highest BCUT2D eigenvalue weighted by Crippen LogP contribution is 2.15. The van der Waals surface area contributed by atoms with Crippen LogP contribution in [0.3, 0.4) is 0 Å². The number of halogens is 1. The summed E-state index contributed by atoms with van der Waals surface area (Å²) >= 11 is 5.93. The van der Waals surface area contributed by atoms with Crippen LogP contribution >= 0.6 is 11.6 Å². The van der Waals surface area contributed by atoms with E-state index in [1.165, 1.54) is 13.2 Å². The van der Waals surface area contributed by atoms with Gasteiger partial charge in [0, 0.05) is 7.05 Å². The van der Waals surface area contributed by atoms with Gasteiger partial charge in [0.2, 0.25) is 0 Å². The first-order chi connectivity index (χ1) is 10.6. The van der Waals surface area contributed by atoms with Gasteiger partial charge in [-0.3, -0.25) is 10.2 Å². The molecule has 116 valence electrons. The molecule has 0 unspecified atom stereocenters. The number of ether oxygens (including phenoxy) is 1. The quantitative estimate of drug-likeness (QED) is 0.656. The minimum atomic E-state index is -0.378. The Hall–Kier alpha value is -2.34. The van der Waals surface area contributed by atoms with Crippen molar-refractivity contribution in [3.8, 4) is 5.75 Å². The van der Waals surface area contributed by atoms with E-state index in [4.69, 9.17) is 16.3 Å². The highest BCUT2D eigenvalue weighted by atomic mass is 35.5. The Kier molecular flexibility index (Phi) is 5.55. The number of aryl methyl sites for hydroxylation is 1. The van der Waals surface area contributed by atoms with Crippen molar-refractivity contribution in [2.24, 2.45) is 12.1 Å². The molecular weight excluding hydrogens is 304 g/mol. The Morgan fingerprint density at radius 1 is 1.50 bits per heavy atom. The zero-order chi connectivity index (χ0) is 15.9. The van der Waals surface area contributed by atoms with Crippen molar-refractivity contribution in [3.05, 3.63) is 51.4 Å². The van der Waals surface area contributed by atoms with Gasteiger partial charge in [-0.2, -0.15) is 10.2 Å². The summed E-state index contributed by atoms with van der Waals surface area (Å²) in [7, 11) is 1.53. The molecule has 0 fully saturated rings. The highest BCUT2D eigenvalue weighted by molar-refractivity contribution is 6.32. The molecule has 0 amide bonds. The van der Waals surface area contributed by atoms with E-state index in [0.717, 1.165) is 22.4 Å². The standard InChI is InChI=1S/C15H17ClN4O2/c1-3-7-22-12-6-4-5-11(8-12)9-17-19-13-10-18-20(2)15(21)14(13)16/h4-6,8-10,19H,3,7H2,1-2H3/b17-9-. The lowest BCUT2D eigenvalue weighted by Crippen LogP contribution is -2.20. The van der Waals surface area contributed by atoms with Gasteiger partial charge >= 0.3 is 0 Å². The first-order valence-corrected chi connectivity index (χ1v) is 7.23. The van der Waals surface area contributed by atoms with Crippen molar-refractivity contribution >= 4 is 23.5 Å². The zero-order valence-corrected chi connectivity index (χ0v) is 13.2. The molecular formula is C15H17ClN4O2. The van der Waals surface area contributed by atoms with Crippen molar-refractivity contribution in [2.45, 2.75) is 13.3 Å². The molecule has 0 aliphatic rings. The second-order valence-corrected chi connectivity index (χ2v) is 4.97. The molecule has 0 saturated heterocycles. The molecule has 2 aromatic rings. The van der Waals surface area contributed by atoms with Crippen molar-refractivity contribution in [2.75, 3.05) is 12.0 Å². The summed E-state index contributed by atoms with van der Waals surface area (Å²) in [4.78, 5) is 11.6. The lowest BCUT2D eigenvalue weighted by Gasteiger charge is -2.05. The normalized spacial score (nSPS) is 10.9. The Labute approximate surface area is 133 Å². The van der Waals surface area contributed by atoms with Crippen LogP contribution in [0.25, 0.3) is 0 Å². The smallest absolute Gasteiger partial charge is 0.287 e. The molecule has 0 radical (unpaired) electrons. The lowest BCUT2D eigenvalue weighted by atomic mass is 10.2. The largest absolute Gasteiger partial charge is 0.494 e. The Bertz CT molecular complexity index is 728. The van der Waals surface area contributed by atoms with E-state index in [0.29, 0.717) is 12.3 Å². The van der Waals surface area contributed by atoms with Crippen LogP contribution in [0.15, 0.2) is 40.4 Å². The van der Waals surface area contributed by atoms with Gasteiger partial charge in [0.1, 0.15) is 16.5 Å². The van der Waals surface area contributed by atoms with Gasteiger partial charge in [0.25, 0.3) is 5.56 Å². The third kappa shape index (κ3) is 4.08. The first kappa shape index (κ1) is 16.0. The van der Waals surface area contributed by atoms with Crippen LogP contribution < -0.4 is 15.7 Å². The van der Waals surface area contributed by atoms with Crippen molar-refractivity contribution < 1.29 is 4.74 Å². The summed E-state index contributed by atoms with van der Waals surface area (Å²) in [5, 5.41) is 7.99. The van der Waals surface area contributed by atoms with Crippen LogP contribution in [0.2, 0.25) is 5.02 Å². The van der Waals surface area contributed by atoms with Gasteiger partial charge in [-0.05, 0) is 24.1 Å². The molecule has 1 heterocycles. The summed E-state index contributed by atoms with van der Waals surface area (Å²) in [5.41, 5.74) is 3.57. The predicted octanol–water partition coefficient (Wildman–Crippen LogP) is 2.67.